The van der Waals surface area contributed by atoms with Crippen molar-refractivity contribution in [1.29, 1.82) is 0 Å². The van der Waals surface area contributed by atoms with E-state index in [0.29, 0.717) is 24.4 Å². The fourth-order valence-corrected chi connectivity index (χ4v) is 4.39. The van der Waals surface area contributed by atoms with Crippen LogP contribution >= 0.6 is 0 Å². The summed E-state index contributed by atoms with van der Waals surface area (Å²) in [5.41, 5.74) is 1.02. The van der Waals surface area contributed by atoms with Gasteiger partial charge in [-0.3, -0.25) is 0 Å². The van der Waals surface area contributed by atoms with Gasteiger partial charge in [0.05, 0.1) is 6.61 Å². The van der Waals surface area contributed by atoms with Gasteiger partial charge in [-0.25, -0.2) is 4.79 Å². The van der Waals surface area contributed by atoms with Crippen LogP contribution in [0.2, 0.25) is 0 Å². The molecule has 0 radical (unpaired) electrons. The molecular formula is C20H27NO4. The van der Waals surface area contributed by atoms with E-state index in [9.17, 15) is 4.79 Å². The van der Waals surface area contributed by atoms with Gasteiger partial charge < -0.3 is 19.1 Å². The number of hydrogen-bond donors (Lipinski definition) is 0. The lowest BCUT2D eigenvalue weighted by molar-refractivity contribution is -0.166. The van der Waals surface area contributed by atoms with Crippen molar-refractivity contribution in [3.63, 3.8) is 0 Å². The summed E-state index contributed by atoms with van der Waals surface area (Å²) < 4.78 is 17.0. The molecule has 5 unspecified atom stereocenters. The topological polar surface area (TPSA) is 48.0 Å². The predicted octanol–water partition coefficient (Wildman–Crippen LogP) is 3.43. The van der Waals surface area contributed by atoms with Crippen LogP contribution in [0.3, 0.4) is 0 Å². The largest absolute Gasteiger partial charge is 0.445 e. The van der Waals surface area contributed by atoms with Crippen LogP contribution in [0, 0.1) is 17.8 Å². The van der Waals surface area contributed by atoms with E-state index in [1.807, 2.05) is 35.2 Å². The van der Waals surface area contributed by atoms with Crippen LogP contribution in [-0.2, 0) is 20.8 Å². The molecule has 3 aliphatic rings. The van der Waals surface area contributed by atoms with Crippen LogP contribution in [0.25, 0.3) is 0 Å². The van der Waals surface area contributed by atoms with Gasteiger partial charge in [0.25, 0.3) is 0 Å². The van der Waals surface area contributed by atoms with Gasteiger partial charge in [-0.1, -0.05) is 30.3 Å². The highest BCUT2D eigenvalue weighted by molar-refractivity contribution is 5.69. The molecule has 1 amide bonds. The molecule has 2 saturated heterocycles. The number of rotatable bonds is 5. The Balaban J connectivity index is 1.21. The van der Waals surface area contributed by atoms with Gasteiger partial charge in [0.1, 0.15) is 6.61 Å². The quantitative estimate of drug-likeness (QED) is 0.820. The first-order valence-corrected chi connectivity index (χ1v) is 9.44. The van der Waals surface area contributed by atoms with Crippen LogP contribution in [0.15, 0.2) is 30.3 Å². The number of amides is 1. The van der Waals surface area contributed by atoms with E-state index in [2.05, 4.69) is 6.92 Å². The second-order valence-electron chi connectivity index (χ2n) is 7.47. The third-order valence-electron chi connectivity index (χ3n) is 5.91. The summed E-state index contributed by atoms with van der Waals surface area (Å²) in [5.74, 6) is 1.68. The van der Waals surface area contributed by atoms with Crippen molar-refractivity contribution in [2.75, 3.05) is 19.8 Å². The molecule has 0 N–H and O–H groups in total. The summed E-state index contributed by atoms with van der Waals surface area (Å²) in [4.78, 5) is 14.2. The van der Waals surface area contributed by atoms with Gasteiger partial charge in [-0.15, -0.1) is 0 Å². The Morgan fingerprint density at radius 2 is 2.12 bits per heavy atom. The van der Waals surface area contributed by atoms with Crippen LogP contribution in [0.4, 0.5) is 4.79 Å². The van der Waals surface area contributed by atoms with Crippen LogP contribution < -0.4 is 0 Å². The first-order chi connectivity index (χ1) is 12.2. The summed E-state index contributed by atoms with van der Waals surface area (Å²) in [6, 6.07) is 10.0. The van der Waals surface area contributed by atoms with E-state index in [1.54, 1.807) is 0 Å². The molecule has 4 rings (SSSR count). The van der Waals surface area contributed by atoms with E-state index < -0.39 is 0 Å². The Labute approximate surface area is 149 Å². The van der Waals surface area contributed by atoms with Gasteiger partial charge in [0.15, 0.2) is 6.29 Å². The number of piperidine rings is 1. The average Bonchev–Trinajstić information content (AvgIpc) is 3.25. The highest BCUT2D eigenvalue weighted by Crippen LogP contribution is 2.55. The Kier molecular flexibility index (Phi) is 4.95. The maximum Gasteiger partial charge on any atom is 0.410 e. The number of benzene rings is 1. The minimum absolute atomic E-state index is 0.0164. The van der Waals surface area contributed by atoms with Crippen LogP contribution in [0.5, 0.6) is 0 Å². The van der Waals surface area contributed by atoms with Gasteiger partial charge in [-0.2, -0.15) is 0 Å². The number of carbonyl (C=O) groups excluding carboxylic acids is 1. The predicted molar refractivity (Wildman–Crippen MR) is 92.8 cm³/mol. The van der Waals surface area contributed by atoms with Gasteiger partial charge in [-0.05, 0) is 49.5 Å². The minimum atomic E-state index is -0.196. The highest BCUT2D eigenvalue weighted by atomic mass is 16.7. The fourth-order valence-electron chi connectivity index (χ4n) is 4.39. The zero-order chi connectivity index (χ0) is 17.2. The third kappa shape index (κ3) is 3.67. The second kappa shape index (κ2) is 7.34. The third-order valence-corrected chi connectivity index (χ3v) is 5.91. The van der Waals surface area contributed by atoms with Crippen LogP contribution in [0.1, 0.15) is 31.7 Å². The average molecular weight is 345 g/mol. The monoisotopic (exact) mass is 345 g/mol. The smallest absolute Gasteiger partial charge is 0.410 e. The molecule has 0 spiro atoms. The molecule has 25 heavy (non-hydrogen) atoms. The zero-order valence-electron chi connectivity index (χ0n) is 14.8. The lowest BCUT2D eigenvalue weighted by Gasteiger charge is -2.27. The molecule has 1 aromatic rings. The molecule has 1 aromatic carbocycles. The molecule has 1 aliphatic carbocycles. The fraction of sp³-hybridized carbons (Fsp3) is 0.650. The van der Waals surface area contributed by atoms with Crippen molar-refractivity contribution in [2.45, 2.75) is 45.1 Å². The molecule has 3 fully saturated rings. The van der Waals surface area contributed by atoms with Crippen LogP contribution in [-0.4, -0.2) is 43.1 Å². The summed E-state index contributed by atoms with van der Waals surface area (Å²) >= 11 is 0. The molecule has 0 aromatic heterocycles. The van der Waals surface area contributed by atoms with E-state index in [1.165, 1.54) is 6.42 Å². The number of fused-ring (bicyclic) bond motifs is 1. The minimum Gasteiger partial charge on any atom is -0.445 e. The van der Waals surface area contributed by atoms with Crippen molar-refractivity contribution in [2.24, 2.45) is 17.8 Å². The van der Waals surface area contributed by atoms with Crippen molar-refractivity contribution in [3.05, 3.63) is 35.9 Å². The SMILES string of the molecule is CC1C2C(COC3CCCCO3)C2CN1C(=O)OCc1ccccc1. The first kappa shape index (κ1) is 16.9. The van der Waals surface area contributed by atoms with Crippen molar-refractivity contribution in [3.8, 4) is 0 Å². The number of likely N-dealkylation sites (tertiary alicyclic amines) is 1. The summed E-state index contributed by atoms with van der Waals surface area (Å²) in [6.07, 6.45) is 3.14. The molecule has 5 nitrogen and oxygen atoms in total. The Morgan fingerprint density at radius 1 is 1.28 bits per heavy atom. The second-order valence-corrected chi connectivity index (χ2v) is 7.47. The summed E-state index contributed by atoms with van der Waals surface area (Å²) in [7, 11) is 0. The maximum atomic E-state index is 12.4. The maximum absolute atomic E-state index is 12.4. The Hall–Kier alpha value is -1.59. The standard InChI is InChI=1S/C20H27NO4/c1-14-19-16(17(19)13-24-18-9-5-6-10-23-18)11-21(14)20(22)25-12-15-7-3-2-4-8-15/h2-4,7-8,14,16-19H,5-6,9-13H2,1H3. The Morgan fingerprint density at radius 3 is 2.80 bits per heavy atom. The van der Waals surface area contributed by atoms with E-state index in [4.69, 9.17) is 14.2 Å². The van der Waals surface area contributed by atoms with E-state index in [-0.39, 0.29) is 18.4 Å². The van der Waals surface area contributed by atoms with Gasteiger partial charge in [0.2, 0.25) is 0 Å². The van der Waals surface area contributed by atoms with E-state index in [0.717, 1.165) is 38.2 Å². The highest BCUT2D eigenvalue weighted by Gasteiger charge is 2.61. The summed E-state index contributed by atoms with van der Waals surface area (Å²) in [5, 5.41) is 0. The lowest BCUT2D eigenvalue weighted by atomic mass is 10.1. The number of nitrogens with zero attached hydrogens (tertiary/aromatic N) is 1. The molecule has 136 valence electrons. The summed E-state index contributed by atoms with van der Waals surface area (Å²) in [6.45, 7) is 4.84. The normalized spacial score (nSPS) is 33.8. The molecule has 5 heteroatoms. The van der Waals surface area contributed by atoms with E-state index >= 15 is 0 Å². The molecular weight excluding hydrogens is 318 g/mol. The van der Waals surface area contributed by atoms with Crippen molar-refractivity contribution >= 4 is 6.09 Å². The van der Waals surface area contributed by atoms with Gasteiger partial charge in [0, 0.05) is 19.2 Å². The molecule has 5 atom stereocenters. The number of ether oxygens (including phenoxy) is 3. The number of hydrogen-bond acceptors (Lipinski definition) is 4. The molecule has 1 saturated carbocycles. The van der Waals surface area contributed by atoms with Gasteiger partial charge >= 0.3 is 6.09 Å². The molecule has 2 aliphatic heterocycles. The van der Waals surface area contributed by atoms with Crippen molar-refractivity contribution < 1.29 is 19.0 Å². The zero-order valence-corrected chi connectivity index (χ0v) is 14.8. The number of carbonyl (C=O) groups is 1. The Bertz CT molecular complexity index is 587. The van der Waals surface area contributed by atoms with Crippen molar-refractivity contribution in [1.82, 2.24) is 4.90 Å². The molecule has 0 bridgehead atoms. The lowest BCUT2D eigenvalue weighted by Crippen LogP contribution is -2.38. The molecule has 2 heterocycles. The first-order valence-electron chi connectivity index (χ1n) is 9.44.